The van der Waals surface area contributed by atoms with Crippen LogP contribution in [0, 0.1) is 34.0 Å². The minimum atomic E-state index is -2.75. The third-order valence-corrected chi connectivity index (χ3v) is 9.81. The van der Waals surface area contributed by atoms with Crippen molar-refractivity contribution < 1.29 is 48.3 Å². The monoisotopic (exact) mass is 504 g/mol. The SMILES string of the molecule is COC(=O)[C@@]12[C@@H]3[C@@H](OC(=O)[C@]3(C)C[C@H]3[C@@H](C)C4=CC(=O)OC(C)(C)C4=C[C@@H](O)[C@@]31C)O[C@]2(O)C(C)=O. The van der Waals surface area contributed by atoms with Crippen LogP contribution in [0.25, 0.3) is 0 Å². The molecule has 10 heteroatoms. The van der Waals surface area contributed by atoms with E-state index in [0.29, 0.717) is 11.1 Å². The second-order valence-corrected chi connectivity index (χ2v) is 11.7. The van der Waals surface area contributed by atoms with Crippen molar-refractivity contribution in [2.24, 2.45) is 34.0 Å². The largest absolute Gasteiger partial charge is 0.468 e. The number of ketones is 1. The smallest absolute Gasteiger partial charge is 0.331 e. The summed E-state index contributed by atoms with van der Waals surface area (Å²) in [5, 5.41) is 23.9. The molecule has 3 heterocycles. The topological polar surface area (TPSA) is 146 Å². The van der Waals surface area contributed by atoms with Gasteiger partial charge in [-0.3, -0.25) is 14.4 Å². The molecule has 2 N–H and O–H groups in total. The highest BCUT2D eigenvalue weighted by Gasteiger charge is 2.89. The highest BCUT2D eigenvalue weighted by Crippen LogP contribution is 2.76. The van der Waals surface area contributed by atoms with Crippen LogP contribution in [0.15, 0.2) is 23.3 Å². The molecule has 0 aromatic carbocycles. The third kappa shape index (κ3) is 2.48. The number of esters is 3. The third-order valence-electron chi connectivity index (χ3n) is 9.81. The normalized spacial score (nSPS) is 48.3. The Kier molecular flexibility index (Phi) is 4.92. The van der Waals surface area contributed by atoms with Crippen LogP contribution in [0.4, 0.5) is 0 Å². The van der Waals surface area contributed by atoms with Crippen LogP contribution in [0.3, 0.4) is 0 Å². The van der Waals surface area contributed by atoms with Crippen LogP contribution >= 0.6 is 0 Å². The molecule has 0 aromatic rings. The maximum Gasteiger partial charge on any atom is 0.331 e. The number of ether oxygens (including phenoxy) is 4. The van der Waals surface area contributed by atoms with Crippen LogP contribution in [0.5, 0.6) is 0 Å². The molecule has 1 saturated carbocycles. The summed E-state index contributed by atoms with van der Waals surface area (Å²) >= 11 is 0. The number of carbonyl (C=O) groups is 4. The minimum Gasteiger partial charge on any atom is -0.468 e. The molecular weight excluding hydrogens is 472 g/mol. The van der Waals surface area contributed by atoms with E-state index in [2.05, 4.69) is 0 Å². The predicted molar refractivity (Wildman–Crippen MR) is 120 cm³/mol. The first-order valence-corrected chi connectivity index (χ1v) is 12.1. The van der Waals surface area contributed by atoms with E-state index in [9.17, 15) is 29.4 Å². The molecule has 0 unspecified atom stereocenters. The summed E-state index contributed by atoms with van der Waals surface area (Å²) in [4.78, 5) is 52.8. The van der Waals surface area contributed by atoms with Crippen LogP contribution < -0.4 is 0 Å². The lowest BCUT2D eigenvalue weighted by Crippen LogP contribution is -2.74. The molecule has 10 nitrogen and oxygen atoms in total. The first-order valence-electron chi connectivity index (χ1n) is 12.1. The molecule has 5 rings (SSSR count). The van der Waals surface area contributed by atoms with Crippen LogP contribution in [0.1, 0.15) is 48.0 Å². The van der Waals surface area contributed by atoms with Gasteiger partial charge in [-0.1, -0.05) is 13.8 Å². The van der Waals surface area contributed by atoms with Crippen molar-refractivity contribution in [1.82, 2.24) is 0 Å². The Balaban J connectivity index is 1.90. The summed E-state index contributed by atoms with van der Waals surface area (Å²) in [7, 11) is 1.12. The van der Waals surface area contributed by atoms with Gasteiger partial charge in [0.2, 0.25) is 12.1 Å². The van der Waals surface area contributed by atoms with Gasteiger partial charge in [0, 0.05) is 18.4 Å². The van der Waals surface area contributed by atoms with E-state index in [0.717, 1.165) is 14.0 Å². The number of rotatable bonds is 2. The Morgan fingerprint density at radius 3 is 2.39 bits per heavy atom. The summed E-state index contributed by atoms with van der Waals surface area (Å²) in [6.07, 6.45) is 0.195. The van der Waals surface area contributed by atoms with E-state index in [-0.39, 0.29) is 6.42 Å². The summed E-state index contributed by atoms with van der Waals surface area (Å²) in [6.45, 7) is 9.56. The Hall–Kier alpha value is -2.56. The molecule has 2 aliphatic carbocycles. The number of aliphatic hydroxyl groups is 2. The lowest BCUT2D eigenvalue weighted by Gasteiger charge is -2.62. The van der Waals surface area contributed by atoms with E-state index < -0.39 is 81.5 Å². The molecule has 0 aromatic heterocycles. The number of aliphatic hydroxyl groups excluding tert-OH is 1. The molecule has 5 aliphatic rings. The average molecular weight is 505 g/mol. The van der Waals surface area contributed by atoms with Crippen molar-refractivity contribution >= 4 is 23.7 Å². The molecule has 3 aliphatic heterocycles. The Bertz CT molecular complexity index is 1170. The zero-order valence-corrected chi connectivity index (χ0v) is 21.4. The average Bonchev–Trinajstić information content (AvgIpc) is 3.17. The van der Waals surface area contributed by atoms with Crippen molar-refractivity contribution in [3.8, 4) is 0 Å². The first kappa shape index (κ1) is 25.1. The zero-order valence-electron chi connectivity index (χ0n) is 21.4. The van der Waals surface area contributed by atoms with Gasteiger partial charge in [-0.15, -0.1) is 0 Å². The van der Waals surface area contributed by atoms with Gasteiger partial charge in [0.15, 0.2) is 5.78 Å². The number of fused-ring (bicyclic) bond motifs is 3. The van der Waals surface area contributed by atoms with Crippen LogP contribution in [-0.2, 0) is 38.1 Å². The lowest BCUT2D eigenvalue weighted by atomic mass is 9.38. The van der Waals surface area contributed by atoms with Gasteiger partial charge in [0.25, 0.3) is 0 Å². The maximum atomic E-state index is 14.0. The Morgan fingerprint density at radius 2 is 1.81 bits per heavy atom. The zero-order chi connectivity index (χ0) is 26.8. The van der Waals surface area contributed by atoms with E-state index in [4.69, 9.17) is 18.9 Å². The predicted octanol–water partition coefficient (Wildman–Crippen LogP) is 1.18. The Morgan fingerprint density at radius 1 is 1.17 bits per heavy atom. The van der Waals surface area contributed by atoms with E-state index in [1.165, 1.54) is 12.2 Å². The van der Waals surface area contributed by atoms with Crippen LogP contribution in [0.2, 0.25) is 0 Å². The summed E-state index contributed by atoms with van der Waals surface area (Å²) < 4.78 is 22.0. The van der Waals surface area contributed by atoms with Crippen molar-refractivity contribution in [3.63, 3.8) is 0 Å². The first-order chi connectivity index (χ1) is 16.5. The maximum absolute atomic E-state index is 14.0. The number of Topliss-reactive ketones (excluding diaryl/α,β-unsaturated/α-hetero) is 1. The molecule has 0 radical (unpaired) electrons. The fourth-order valence-corrected chi connectivity index (χ4v) is 8.12. The number of methoxy groups -OCH3 is 1. The van der Waals surface area contributed by atoms with Crippen molar-refractivity contribution in [2.45, 2.75) is 71.7 Å². The Labute approximate surface area is 208 Å². The van der Waals surface area contributed by atoms with Gasteiger partial charge in [-0.25, -0.2) is 4.79 Å². The fraction of sp³-hybridized carbons (Fsp3) is 0.692. The van der Waals surface area contributed by atoms with Gasteiger partial charge >= 0.3 is 17.9 Å². The molecule has 0 spiro atoms. The highest BCUT2D eigenvalue weighted by atomic mass is 16.8. The highest BCUT2D eigenvalue weighted by molar-refractivity contribution is 5.96. The van der Waals surface area contributed by atoms with Gasteiger partial charge in [0.05, 0.1) is 24.5 Å². The van der Waals surface area contributed by atoms with Gasteiger partial charge in [0.1, 0.15) is 11.0 Å². The van der Waals surface area contributed by atoms with Gasteiger partial charge in [-0.2, -0.15) is 0 Å². The van der Waals surface area contributed by atoms with E-state index >= 15 is 0 Å². The summed E-state index contributed by atoms with van der Waals surface area (Å²) in [6, 6.07) is 0. The molecule has 196 valence electrons. The van der Waals surface area contributed by atoms with Gasteiger partial charge < -0.3 is 29.2 Å². The molecule has 0 amide bonds. The standard InChI is InChI=1S/C26H32O10/c1-11-13-8-17(29)35-22(3,4)14(13)9-16(28)24(6)15(11)10-23(5)18-19(34-20(23)30)36-26(32,12(2)27)25(18,24)21(31)33-7/h8-9,11,15-16,18-19,28,32H,10H2,1-7H3/t11-,15-,16+,18+,19-,23+,24+,25-,26+/m0/s1. The quantitative estimate of drug-likeness (QED) is 0.415. The number of hydrogen-bond acceptors (Lipinski definition) is 10. The second-order valence-electron chi connectivity index (χ2n) is 11.7. The second kappa shape index (κ2) is 7.05. The summed E-state index contributed by atoms with van der Waals surface area (Å²) in [5.41, 5.74) is -5.12. The van der Waals surface area contributed by atoms with Crippen LogP contribution in [-0.4, -0.2) is 64.8 Å². The van der Waals surface area contributed by atoms with Crippen molar-refractivity contribution in [2.75, 3.05) is 7.11 Å². The molecule has 3 fully saturated rings. The summed E-state index contributed by atoms with van der Waals surface area (Å²) in [5.74, 6) is -8.13. The van der Waals surface area contributed by atoms with Crippen molar-refractivity contribution in [3.05, 3.63) is 23.3 Å². The number of carbonyl (C=O) groups excluding carboxylic acids is 4. The number of hydrogen-bond donors (Lipinski definition) is 2. The van der Waals surface area contributed by atoms with Gasteiger partial charge in [-0.05, 0) is 56.3 Å². The molecule has 0 bridgehead atoms. The molecule has 2 saturated heterocycles. The van der Waals surface area contributed by atoms with E-state index in [1.54, 1.807) is 27.7 Å². The minimum absolute atomic E-state index is 0.145. The lowest BCUT2D eigenvalue weighted by molar-refractivity contribution is -0.295. The van der Waals surface area contributed by atoms with Crippen molar-refractivity contribution in [1.29, 1.82) is 0 Å². The molecule has 9 atom stereocenters. The van der Waals surface area contributed by atoms with E-state index in [1.807, 2.05) is 6.92 Å². The molecular formula is C26H32O10. The fourth-order valence-electron chi connectivity index (χ4n) is 8.12. The number of cyclic esters (lactones) is 1. The molecule has 36 heavy (non-hydrogen) atoms.